The first kappa shape index (κ1) is 8.12. The lowest BCUT2D eigenvalue weighted by atomic mass is 10.3. The third kappa shape index (κ3) is 1.65. The zero-order valence-corrected chi connectivity index (χ0v) is 7.88. The number of nitrogens with one attached hydrogen (secondary N) is 1. The van der Waals surface area contributed by atoms with Crippen molar-refractivity contribution in [3.63, 3.8) is 0 Å². The lowest BCUT2D eigenvalue weighted by molar-refractivity contribution is 0.715. The predicted molar refractivity (Wildman–Crippen MR) is 51.6 cm³/mol. The van der Waals surface area contributed by atoms with E-state index in [0.29, 0.717) is 4.64 Å². The molecule has 0 aromatic carbocycles. The largest absolute Gasteiger partial charge is 0.345 e. The molecule has 0 atom stereocenters. The highest BCUT2D eigenvalue weighted by Gasteiger charge is 2.00. The number of aryl methyl sites for hydroxylation is 1. The highest BCUT2D eigenvalue weighted by Crippen LogP contribution is 2.11. The summed E-state index contributed by atoms with van der Waals surface area (Å²) < 4.78 is 2.35. The molecule has 1 N–H and O–H groups in total. The summed E-state index contributed by atoms with van der Waals surface area (Å²) in [5, 5.41) is 7.80. The predicted octanol–water partition coefficient (Wildman–Crippen LogP) is 1.54. The average Bonchev–Trinajstić information content (AvgIpc) is 2.52. The van der Waals surface area contributed by atoms with Crippen molar-refractivity contribution in [2.75, 3.05) is 0 Å². The number of hydrogen-bond donors (Lipinski definition) is 1. The second-order valence-corrected chi connectivity index (χ2v) is 3.15. The Labute approximate surface area is 80.2 Å². The van der Waals surface area contributed by atoms with Gasteiger partial charge in [-0.05, 0) is 12.1 Å². The molecule has 2 aromatic rings. The Kier molecular flexibility index (Phi) is 1.94. The van der Waals surface area contributed by atoms with Crippen LogP contribution in [0.15, 0.2) is 24.4 Å². The molecule has 5 heteroatoms. The first-order valence-corrected chi connectivity index (χ1v) is 4.22. The molecule has 0 radical (unpaired) electrons. The van der Waals surface area contributed by atoms with Crippen LogP contribution in [0, 0.1) is 4.64 Å². The fourth-order valence-corrected chi connectivity index (χ4v) is 1.26. The molecule has 0 aliphatic rings. The second kappa shape index (κ2) is 3.10. The first-order valence-electron chi connectivity index (χ1n) is 3.82. The maximum Gasteiger partial charge on any atom is 0.129 e. The van der Waals surface area contributed by atoms with E-state index >= 15 is 0 Å². The minimum atomic E-state index is 0.697. The molecule has 2 rings (SSSR count). The van der Waals surface area contributed by atoms with Gasteiger partial charge in [0.15, 0.2) is 0 Å². The summed E-state index contributed by atoms with van der Waals surface area (Å²) >= 11 is 5.00. The summed E-state index contributed by atoms with van der Waals surface area (Å²) in [7, 11) is 1.83. The van der Waals surface area contributed by atoms with Crippen LogP contribution in [-0.4, -0.2) is 20.0 Å². The Bertz CT molecular complexity index is 471. The number of hydrogen-bond acceptors (Lipinski definition) is 3. The van der Waals surface area contributed by atoms with Crippen LogP contribution in [0.5, 0.6) is 0 Å². The minimum Gasteiger partial charge on any atom is -0.345 e. The first-order chi connectivity index (χ1) is 6.25. The van der Waals surface area contributed by atoms with Gasteiger partial charge in [0.2, 0.25) is 0 Å². The van der Waals surface area contributed by atoms with Crippen molar-refractivity contribution < 1.29 is 0 Å². The molecule has 0 aliphatic carbocycles. The zero-order chi connectivity index (χ0) is 9.26. The molecule has 0 fully saturated rings. The Balaban J connectivity index is 2.52. The normalized spacial score (nSPS) is 10.2. The van der Waals surface area contributed by atoms with E-state index in [9.17, 15) is 0 Å². The van der Waals surface area contributed by atoms with Crippen LogP contribution in [0.2, 0.25) is 0 Å². The van der Waals surface area contributed by atoms with E-state index in [1.165, 1.54) is 0 Å². The summed E-state index contributed by atoms with van der Waals surface area (Å²) in [5.41, 5.74) is 1.69. The summed E-state index contributed by atoms with van der Waals surface area (Å²) in [5.74, 6) is 0. The van der Waals surface area contributed by atoms with Gasteiger partial charge in [0.1, 0.15) is 10.3 Å². The van der Waals surface area contributed by atoms with E-state index in [4.69, 9.17) is 12.2 Å². The summed E-state index contributed by atoms with van der Waals surface area (Å²) in [6, 6.07) is 5.64. The van der Waals surface area contributed by atoms with Crippen molar-refractivity contribution in [1.29, 1.82) is 0 Å². The van der Waals surface area contributed by atoms with Crippen molar-refractivity contribution in [3.8, 4) is 11.4 Å². The van der Waals surface area contributed by atoms with E-state index < -0.39 is 0 Å². The lowest BCUT2D eigenvalue weighted by Crippen LogP contribution is -1.85. The Morgan fingerprint density at radius 2 is 2.31 bits per heavy atom. The van der Waals surface area contributed by atoms with E-state index in [1.807, 2.05) is 31.4 Å². The van der Waals surface area contributed by atoms with E-state index in [2.05, 4.69) is 15.3 Å². The van der Waals surface area contributed by atoms with Crippen LogP contribution in [-0.2, 0) is 7.05 Å². The molecule has 2 heterocycles. The standard InChI is InChI=1S/C8H8N4S/c1-12-5-7(10-11-12)6-3-2-4-8(13)9-6/h2-5H,1H3,(H,9,13). The fraction of sp³-hybridized carbons (Fsp3) is 0.125. The van der Waals surface area contributed by atoms with Crippen molar-refractivity contribution in [1.82, 2.24) is 20.0 Å². The van der Waals surface area contributed by atoms with Gasteiger partial charge >= 0.3 is 0 Å². The van der Waals surface area contributed by atoms with E-state index in [1.54, 1.807) is 4.68 Å². The minimum absolute atomic E-state index is 0.697. The van der Waals surface area contributed by atoms with Crippen molar-refractivity contribution in [2.45, 2.75) is 0 Å². The molecule has 0 bridgehead atoms. The molecule has 0 unspecified atom stereocenters. The van der Waals surface area contributed by atoms with Gasteiger partial charge in [-0.1, -0.05) is 23.5 Å². The van der Waals surface area contributed by atoms with Crippen LogP contribution < -0.4 is 0 Å². The molecule has 4 nitrogen and oxygen atoms in total. The molecule has 0 aliphatic heterocycles. The van der Waals surface area contributed by atoms with Gasteiger partial charge in [0, 0.05) is 7.05 Å². The van der Waals surface area contributed by atoms with Crippen LogP contribution in [0.3, 0.4) is 0 Å². The third-order valence-electron chi connectivity index (χ3n) is 1.65. The number of rotatable bonds is 1. The van der Waals surface area contributed by atoms with Gasteiger partial charge in [-0.3, -0.25) is 4.68 Å². The molecule has 0 saturated heterocycles. The van der Waals surface area contributed by atoms with Crippen LogP contribution in [0.25, 0.3) is 11.4 Å². The van der Waals surface area contributed by atoms with Crippen LogP contribution in [0.4, 0.5) is 0 Å². The van der Waals surface area contributed by atoms with Gasteiger partial charge in [0.25, 0.3) is 0 Å². The summed E-state index contributed by atoms with van der Waals surface area (Å²) in [6.45, 7) is 0. The Morgan fingerprint density at radius 1 is 1.46 bits per heavy atom. The van der Waals surface area contributed by atoms with Crippen molar-refractivity contribution >= 4 is 12.2 Å². The highest BCUT2D eigenvalue weighted by atomic mass is 32.1. The van der Waals surface area contributed by atoms with Gasteiger partial charge in [-0.15, -0.1) is 5.10 Å². The SMILES string of the molecule is Cn1cc(-c2cccc(=S)[nH]2)nn1. The molecular weight excluding hydrogens is 184 g/mol. The number of pyridine rings is 1. The van der Waals surface area contributed by atoms with E-state index in [-0.39, 0.29) is 0 Å². The van der Waals surface area contributed by atoms with E-state index in [0.717, 1.165) is 11.4 Å². The van der Waals surface area contributed by atoms with Gasteiger partial charge in [-0.25, -0.2) is 0 Å². The van der Waals surface area contributed by atoms with Crippen molar-refractivity contribution in [3.05, 3.63) is 29.0 Å². The summed E-state index contributed by atoms with van der Waals surface area (Å²) in [4.78, 5) is 3.04. The molecule has 13 heavy (non-hydrogen) atoms. The summed E-state index contributed by atoms with van der Waals surface area (Å²) in [6.07, 6.45) is 1.83. The van der Waals surface area contributed by atoms with Gasteiger partial charge in [0.05, 0.1) is 11.9 Å². The smallest absolute Gasteiger partial charge is 0.129 e. The second-order valence-electron chi connectivity index (χ2n) is 2.71. The number of aromatic nitrogens is 4. The number of H-pyrrole nitrogens is 1. The molecular formula is C8H8N4S. The Hall–Kier alpha value is -1.49. The number of aromatic amines is 1. The lowest BCUT2D eigenvalue weighted by Gasteiger charge is -1.93. The third-order valence-corrected chi connectivity index (χ3v) is 1.89. The number of nitrogens with zero attached hydrogens (tertiary/aromatic N) is 3. The monoisotopic (exact) mass is 192 g/mol. The Morgan fingerprint density at radius 3 is 2.92 bits per heavy atom. The zero-order valence-electron chi connectivity index (χ0n) is 7.06. The van der Waals surface area contributed by atoms with Gasteiger partial charge < -0.3 is 4.98 Å². The van der Waals surface area contributed by atoms with Crippen LogP contribution in [0.1, 0.15) is 0 Å². The highest BCUT2D eigenvalue weighted by molar-refractivity contribution is 7.71. The fourth-order valence-electron chi connectivity index (χ4n) is 1.07. The topological polar surface area (TPSA) is 46.5 Å². The van der Waals surface area contributed by atoms with Gasteiger partial charge in [-0.2, -0.15) is 0 Å². The average molecular weight is 192 g/mol. The maximum atomic E-state index is 5.00. The molecule has 0 spiro atoms. The maximum absolute atomic E-state index is 5.00. The van der Waals surface area contributed by atoms with Crippen LogP contribution >= 0.6 is 12.2 Å². The quantitative estimate of drug-likeness (QED) is 0.697. The molecule has 2 aromatic heterocycles. The molecule has 0 saturated carbocycles. The van der Waals surface area contributed by atoms with Crippen molar-refractivity contribution in [2.24, 2.45) is 7.05 Å². The molecule has 66 valence electrons. The molecule has 0 amide bonds.